The minimum atomic E-state index is -0.254. The molecule has 0 spiro atoms. The molecule has 3 atom stereocenters. The summed E-state index contributed by atoms with van der Waals surface area (Å²) in [4.78, 5) is 19.6. The molecule has 0 radical (unpaired) electrons. The number of ether oxygens (including phenoxy) is 1. The van der Waals surface area contributed by atoms with Crippen LogP contribution in [0.25, 0.3) is 0 Å². The van der Waals surface area contributed by atoms with Gasteiger partial charge in [0.05, 0.1) is 6.34 Å². The van der Waals surface area contributed by atoms with Crippen LogP contribution >= 0.6 is 0 Å². The van der Waals surface area contributed by atoms with Gasteiger partial charge in [-0.25, -0.2) is 4.90 Å². The number of likely N-dealkylation sites (N-methyl/N-ethyl adjacent to an activating group) is 2. The van der Waals surface area contributed by atoms with Crippen LogP contribution in [0.5, 0.6) is 0 Å². The molecule has 0 aliphatic carbocycles. The Morgan fingerprint density at radius 1 is 1.69 bits per heavy atom. The van der Waals surface area contributed by atoms with Gasteiger partial charge in [0.2, 0.25) is 0 Å². The average molecular weight is 228 g/mol. The molecule has 0 saturated heterocycles. The number of nitrogens with zero attached hydrogens (tertiary/aromatic N) is 3. The van der Waals surface area contributed by atoms with Gasteiger partial charge in [-0.1, -0.05) is 0 Å². The van der Waals surface area contributed by atoms with Gasteiger partial charge in [-0.3, -0.25) is 15.1 Å². The number of hydrogen-bond donors (Lipinski definition) is 1. The molecule has 0 saturated carbocycles. The minimum Gasteiger partial charge on any atom is -0.353 e. The van der Waals surface area contributed by atoms with Gasteiger partial charge in [-0.05, 0) is 21.0 Å². The highest BCUT2D eigenvalue weighted by molar-refractivity contribution is 5.86. The number of carbonyl (C=O) groups is 1. The summed E-state index contributed by atoms with van der Waals surface area (Å²) in [6.45, 7) is 1.58. The number of nitrogens with one attached hydrogen (secondary N) is 1. The van der Waals surface area contributed by atoms with Crippen LogP contribution in [0.1, 0.15) is 6.92 Å². The third-order valence-electron chi connectivity index (χ3n) is 2.80. The third kappa shape index (κ3) is 2.40. The summed E-state index contributed by atoms with van der Waals surface area (Å²) in [5, 5.41) is 3.00. The van der Waals surface area contributed by atoms with E-state index in [0.29, 0.717) is 0 Å². The Labute approximate surface area is 96.3 Å². The predicted octanol–water partition coefficient (Wildman–Crippen LogP) is -0.675. The van der Waals surface area contributed by atoms with Gasteiger partial charge in [0.1, 0.15) is 12.2 Å². The lowest BCUT2D eigenvalue weighted by Gasteiger charge is -2.33. The Hall–Kier alpha value is -0.980. The van der Waals surface area contributed by atoms with Crippen molar-refractivity contribution in [2.24, 2.45) is 4.99 Å². The van der Waals surface area contributed by atoms with Gasteiger partial charge in [0.25, 0.3) is 0 Å². The highest BCUT2D eigenvalue weighted by atomic mass is 16.5. The van der Waals surface area contributed by atoms with Crippen LogP contribution in [-0.4, -0.2) is 68.7 Å². The first-order valence-electron chi connectivity index (χ1n) is 5.20. The van der Waals surface area contributed by atoms with Gasteiger partial charge in [0, 0.05) is 14.2 Å². The monoisotopic (exact) mass is 228 g/mol. The summed E-state index contributed by atoms with van der Waals surface area (Å²) in [6, 6.07) is -0.240. The van der Waals surface area contributed by atoms with Gasteiger partial charge in [0.15, 0.2) is 12.1 Å². The van der Waals surface area contributed by atoms with Crippen molar-refractivity contribution in [3.63, 3.8) is 0 Å². The summed E-state index contributed by atoms with van der Waals surface area (Å²) < 4.78 is 5.25. The summed E-state index contributed by atoms with van der Waals surface area (Å²) in [5.74, 6) is 0.0998. The topological polar surface area (TPSA) is 57.2 Å². The summed E-state index contributed by atoms with van der Waals surface area (Å²) >= 11 is 0. The Bertz CT molecular complexity index is 278. The molecule has 1 heterocycles. The van der Waals surface area contributed by atoms with Gasteiger partial charge >= 0.3 is 0 Å². The Kier molecular flexibility index (Phi) is 4.40. The van der Waals surface area contributed by atoms with Crippen molar-refractivity contribution in [3.8, 4) is 0 Å². The van der Waals surface area contributed by atoms with E-state index in [-0.39, 0.29) is 24.3 Å². The quantitative estimate of drug-likeness (QED) is 0.632. The smallest absolute Gasteiger partial charge is 0.166 e. The van der Waals surface area contributed by atoms with Crippen LogP contribution < -0.4 is 5.32 Å². The van der Waals surface area contributed by atoms with Crippen molar-refractivity contribution >= 4 is 12.1 Å². The van der Waals surface area contributed by atoms with E-state index in [9.17, 15) is 4.79 Å². The maximum Gasteiger partial charge on any atom is 0.166 e. The van der Waals surface area contributed by atoms with Gasteiger partial charge in [-0.15, -0.1) is 0 Å². The molecule has 1 rings (SSSR count). The lowest BCUT2D eigenvalue weighted by atomic mass is 10.1. The van der Waals surface area contributed by atoms with Crippen LogP contribution in [0.15, 0.2) is 4.99 Å². The average Bonchev–Trinajstić information content (AvgIpc) is 2.61. The number of methoxy groups -OCH3 is 1. The Morgan fingerprint density at radius 2 is 2.31 bits per heavy atom. The maximum absolute atomic E-state index is 11.6. The van der Waals surface area contributed by atoms with Crippen molar-refractivity contribution < 1.29 is 9.53 Å². The zero-order valence-electron chi connectivity index (χ0n) is 10.5. The maximum atomic E-state index is 11.6. The lowest BCUT2D eigenvalue weighted by molar-refractivity contribution is -0.124. The molecule has 0 aromatic heterocycles. The van der Waals surface area contributed by atoms with Crippen LogP contribution in [0.3, 0.4) is 0 Å². The molecular weight excluding hydrogens is 208 g/mol. The minimum absolute atomic E-state index is 0.0998. The molecule has 0 aromatic carbocycles. The van der Waals surface area contributed by atoms with E-state index in [1.807, 2.05) is 23.9 Å². The van der Waals surface area contributed by atoms with Crippen molar-refractivity contribution in [2.75, 3.05) is 28.3 Å². The molecule has 0 aromatic rings. The Morgan fingerprint density at radius 3 is 2.75 bits per heavy atom. The van der Waals surface area contributed by atoms with E-state index in [1.165, 1.54) is 0 Å². The highest BCUT2D eigenvalue weighted by Gasteiger charge is 2.37. The van der Waals surface area contributed by atoms with E-state index < -0.39 is 0 Å². The number of aliphatic imine (C=N–C) groups is 1. The second-order valence-corrected chi connectivity index (χ2v) is 3.94. The van der Waals surface area contributed by atoms with E-state index >= 15 is 0 Å². The van der Waals surface area contributed by atoms with Crippen LogP contribution in [0.4, 0.5) is 0 Å². The fraction of sp³-hybridized carbons (Fsp3) is 0.800. The standard InChI is InChI=1S/C10H20N4O2/c1-7(15)8-9(12-6-13(8)3)14(4)10(11-2)16-5/h6,8-11H,1-5H3/t8-,9?,10?/m1/s1. The normalized spacial score (nSPS) is 26.5. The Balaban J connectivity index is 2.79. The van der Waals surface area contributed by atoms with Gasteiger partial charge in [-0.2, -0.15) is 0 Å². The number of carbonyl (C=O) groups excluding carboxylic acids is 1. The fourth-order valence-corrected chi connectivity index (χ4v) is 1.99. The first kappa shape index (κ1) is 13.1. The number of hydrogen-bond acceptors (Lipinski definition) is 6. The van der Waals surface area contributed by atoms with Gasteiger partial charge < -0.3 is 9.64 Å². The molecule has 0 amide bonds. The van der Waals surface area contributed by atoms with E-state index in [2.05, 4.69) is 10.3 Å². The number of Topliss-reactive ketones (excluding diaryl/α,β-unsaturated/α-hetero) is 1. The summed E-state index contributed by atoms with van der Waals surface area (Å²) in [6.07, 6.45) is 1.23. The van der Waals surface area contributed by atoms with Crippen LogP contribution in [0.2, 0.25) is 0 Å². The summed E-state index contributed by atoms with van der Waals surface area (Å²) in [5.41, 5.74) is 0. The van der Waals surface area contributed by atoms with E-state index in [1.54, 1.807) is 27.4 Å². The molecular formula is C10H20N4O2. The molecule has 0 bridgehead atoms. The fourth-order valence-electron chi connectivity index (χ4n) is 1.99. The zero-order valence-corrected chi connectivity index (χ0v) is 10.5. The SMILES string of the molecule is CNC(OC)N(C)C1N=CN(C)[C@@H]1C(C)=O. The second-order valence-electron chi connectivity index (χ2n) is 3.94. The summed E-state index contributed by atoms with van der Waals surface area (Å²) in [7, 11) is 7.14. The van der Waals surface area contributed by atoms with Crippen molar-refractivity contribution in [1.29, 1.82) is 0 Å². The van der Waals surface area contributed by atoms with Crippen molar-refractivity contribution in [1.82, 2.24) is 15.1 Å². The molecule has 1 aliphatic heterocycles. The molecule has 1 N–H and O–H groups in total. The number of ketones is 1. The first-order valence-corrected chi connectivity index (χ1v) is 5.20. The predicted molar refractivity (Wildman–Crippen MR) is 62.1 cm³/mol. The number of rotatable bonds is 5. The van der Waals surface area contributed by atoms with Crippen molar-refractivity contribution in [2.45, 2.75) is 25.5 Å². The molecule has 2 unspecified atom stereocenters. The zero-order chi connectivity index (χ0) is 12.3. The molecule has 1 aliphatic rings. The largest absolute Gasteiger partial charge is 0.353 e. The van der Waals surface area contributed by atoms with Crippen LogP contribution in [0, 0.1) is 0 Å². The molecule has 16 heavy (non-hydrogen) atoms. The van der Waals surface area contributed by atoms with E-state index in [4.69, 9.17) is 4.74 Å². The molecule has 0 fully saturated rings. The van der Waals surface area contributed by atoms with Crippen molar-refractivity contribution in [3.05, 3.63) is 0 Å². The molecule has 6 nitrogen and oxygen atoms in total. The molecule has 6 heteroatoms. The lowest BCUT2D eigenvalue weighted by Crippen LogP contribution is -2.54. The first-order chi connectivity index (χ1) is 7.52. The third-order valence-corrected chi connectivity index (χ3v) is 2.80. The molecule has 92 valence electrons. The highest BCUT2D eigenvalue weighted by Crippen LogP contribution is 2.17. The second kappa shape index (κ2) is 5.38. The van der Waals surface area contributed by atoms with Crippen LogP contribution in [-0.2, 0) is 9.53 Å². The van der Waals surface area contributed by atoms with E-state index in [0.717, 1.165) is 0 Å².